The number of halogens is 1. The molecular formula is C13H20ClNO. The molecule has 1 rings (SSSR count). The zero-order valence-corrected chi connectivity index (χ0v) is 10.9. The molecule has 0 aliphatic carbocycles. The number of hydrogen-bond donors (Lipinski definition) is 1. The van der Waals surface area contributed by atoms with Gasteiger partial charge in [0.1, 0.15) is 0 Å². The summed E-state index contributed by atoms with van der Waals surface area (Å²) in [5.41, 5.74) is 7.34. The van der Waals surface area contributed by atoms with Gasteiger partial charge in [-0.25, -0.2) is 0 Å². The maximum atomic E-state index is 6.14. The van der Waals surface area contributed by atoms with Gasteiger partial charge in [0.15, 0.2) is 0 Å². The molecule has 0 spiro atoms. The lowest BCUT2D eigenvalue weighted by Crippen LogP contribution is -2.41. The molecule has 90 valence electrons. The average Bonchev–Trinajstić information content (AvgIpc) is 2.22. The minimum atomic E-state index is 0.0196. The molecule has 0 amide bonds. The molecule has 2 nitrogen and oxygen atoms in total. The standard InChI is InChI=1S/C13H20ClNO/c1-9(2)13(16-3)12(15)8-10-4-6-11(14)7-5-10/h4-7,9,12-13H,8,15H2,1-3H3. The van der Waals surface area contributed by atoms with E-state index in [0.29, 0.717) is 5.92 Å². The van der Waals surface area contributed by atoms with Crippen LogP contribution < -0.4 is 5.73 Å². The minimum absolute atomic E-state index is 0.0196. The SMILES string of the molecule is COC(C(C)C)C(N)Cc1ccc(Cl)cc1. The largest absolute Gasteiger partial charge is 0.380 e. The Morgan fingerprint density at radius 3 is 2.25 bits per heavy atom. The molecular weight excluding hydrogens is 222 g/mol. The molecule has 0 heterocycles. The van der Waals surface area contributed by atoms with Crippen LogP contribution in [0.5, 0.6) is 0 Å². The molecule has 0 radical (unpaired) electrons. The Bertz CT molecular complexity index is 310. The third-order valence-corrected chi connectivity index (χ3v) is 2.99. The molecule has 0 saturated carbocycles. The Balaban J connectivity index is 2.62. The van der Waals surface area contributed by atoms with Crippen LogP contribution in [0.15, 0.2) is 24.3 Å². The van der Waals surface area contributed by atoms with Gasteiger partial charge in [0.05, 0.1) is 6.10 Å². The van der Waals surface area contributed by atoms with Crippen molar-refractivity contribution in [1.82, 2.24) is 0 Å². The smallest absolute Gasteiger partial charge is 0.0748 e. The van der Waals surface area contributed by atoms with Crippen LogP contribution in [0.3, 0.4) is 0 Å². The summed E-state index contributed by atoms with van der Waals surface area (Å²) in [6.45, 7) is 4.24. The summed E-state index contributed by atoms with van der Waals surface area (Å²) in [5.74, 6) is 0.423. The molecule has 0 bridgehead atoms. The molecule has 0 saturated heterocycles. The predicted octanol–water partition coefficient (Wildman–Crippen LogP) is 2.88. The number of rotatable bonds is 5. The molecule has 2 N–H and O–H groups in total. The fourth-order valence-corrected chi connectivity index (χ4v) is 2.08. The lowest BCUT2D eigenvalue weighted by atomic mass is 9.95. The normalized spacial score (nSPS) is 15.1. The van der Waals surface area contributed by atoms with Crippen LogP contribution >= 0.6 is 11.6 Å². The number of nitrogens with two attached hydrogens (primary N) is 1. The highest BCUT2D eigenvalue weighted by atomic mass is 35.5. The Morgan fingerprint density at radius 2 is 1.81 bits per heavy atom. The first-order valence-electron chi connectivity index (χ1n) is 5.57. The van der Waals surface area contributed by atoms with Gasteiger partial charge < -0.3 is 10.5 Å². The van der Waals surface area contributed by atoms with E-state index in [1.807, 2.05) is 24.3 Å². The number of hydrogen-bond acceptors (Lipinski definition) is 2. The first-order chi connectivity index (χ1) is 7.54. The van der Waals surface area contributed by atoms with Crippen molar-refractivity contribution in [3.05, 3.63) is 34.9 Å². The van der Waals surface area contributed by atoms with Gasteiger partial charge in [-0.1, -0.05) is 37.6 Å². The molecule has 0 aliphatic rings. The van der Waals surface area contributed by atoms with Crippen LogP contribution in [0, 0.1) is 5.92 Å². The summed E-state index contributed by atoms with van der Waals surface area (Å²) >= 11 is 5.83. The van der Waals surface area contributed by atoms with E-state index in [1.165, 1.54) is 5.56 Å². The van der Waals surface area contributed by atoms with Gasteiger partial charge in [-0.05, 0) is 30.0 Å². The first-order valence-corrected chi connectivity index (χ1v) is 5.95. The average molecular weight is 242 g/mol. The number of ether oxygens (including phenoxy) is 1. The van der Waals surface area contributed by atoms with E-state index in [1.54, 1.807) is 7.11 Å². The second-order valence-corrected chi connectivity index (χ2v) is 4.88. The summed E-state index contributed by atoms with van der Waals surface area (Å²) in [5, 5.41) is 0.754. The topological polar surface area (TPSA) is 35.2 Å². The fourth-order valence-electron chi connectivity index (χ4n) is 1.95. The Morgan fingerprint density at radius 1 is 1.25 bits per heavy atom. The van der Waals surface area contributed by atoms with E-state index in [0.717, 1.165) is 11.4 Å². The Labute approximate surface area is 103 Å². The fraction of sp³-hybridized carbons (Fsp3) is 0.538. The van der Waals surface area contributed by atoms with Crippen LogP contribution in [0.25, 0.3) is 0 Å². The van der Waals surface area contributed by atoms with Crippen LogP contribution in [-0.2, 0) is 11.2 Å². The van der Waals surface area contributed by atoms with Crippen molar-refractivity contribution in [2.24, 2.45) is 11.7 Å². The second-order valence-electron chi connectivity index (χ2n) is 4.44. The van der Waals surface area contributed by atoms with Crippen molar-refractivity contribution < 1.29 is 4.74 Å². The molecule has 2 atom stereocenters. The zero-order chi connectivity index (χ0) is 12.1. The van der Waals surface area contributed by atoms with Gasteiger partial charge in [-0.2, -0.15) is 0 Å². The maximum absolute atomic E-state index is 6.14. The van der Waals surface area contributed by atoms with Gasteiger partial charge in [-0.15, -0.1) is 0 Å². The lowest BCUT2D eigenvalue weighted by Gasteiger charge is -2.26. The quantitative estimate of drug-likeness (QED) is 0.861. The molecule has 0 aromatic heterocycles. The van der Waals surface area contributed by atoms with Gasteiger partial charge in [-0.3, -0.25) is 0 Å². The molecule has 1 aromatic carbocycles. The van der Waals surface area contributed by atoms with Crippen molar-refractivity contribution in [3.63, 3.8) is 0 Å². The van der Waals surface area contributed by atoms with Crippen molar-refractivity contribution in [1.29, 1.82) is 0 Å². The lowest BCUT2D eigenvalue weighted by molar-refractivity contribution is 0.0441. The van der Waals surface area contributed by atoms with Crippen LogP contribution in [-0.4, -0.2) is 19.3 Å². The Kier molecular flexibility index (Phi) is 5.26. The predicted molar refractivity (Wildman–Crippen MR) is 68.8 cm³/mol. The van der Waals surface area contributed by atoms with Crippen molar-refractivity contribution in [2.75, 3.05) is 7.11 Å². The second kappa shape index (κ2) is 6.24. The third kappa shape index (κ3) is 3.78. The molecule has 3 heteroatoms. The molecule has 0 aliphatic heterocycles. The van der Waals surface area contributed by atoms with Crippen LogP contribution in [0.4, 0.5) is 0 Å². The summed E-state index contributed by atoms with van der Waals surface area (Å²) in [6, 6.07) is 7.82. The minimum Gasteiger partial charge on any atom is -0.380 e. The highest BCUT2D eigenvalue weighted by Gasteiger charge is 2.20. The molecule has 16 heavy (non-hydrogen) atoms. The van der Waals surface area contributed by atoms with E-state index in [4.69, 9.17) is 22.1 Å². The highest BCUT2D eigenvalue weighted by Crippen LogP contribution is 2.15. The van der Waals surface area contributed by atoms with E-state index in [-0.39, 0.29) is 12.1 Å². The number of benzene rings is 1. The van der Waals surface area contributed by atoms with E-state index in [2.05, 4.69) is 13.8 Å². The van der Waals surface area contributed by atoms with Gasteiger partial charge in [0.25, 0.3) is 0 Å². The first kappa shape index (κ1) is 13.5. The highest BCUT2D eigenvalue weighted by molar-refractivity contribution is 6.30. The maximum Gasteiger partial charge on any atom is 0.0748 e. The van der Waals surface area contributed by atoms with Crippen LogP contribution in [0.1, 0.15) is 19.4 Å². The molecule has 1 aromatic rings. The number of methoxy groups -OCH3 is 1. The van der Waals surface area contributed by atoms with Crippen molar-refractivity contribution in [2.45, 2.75) is 32.4 Å². The van der Waals surface area contributed by atoms with E-state index in [9.17, 15) is 0 Å². The van der Waals surface area contributed by atoms with Crippen molar-refractivity contribution >= 4 is 11.6 Å². The Hall–Kier alpha value is -0.570. The summed E-state index contributed by atoms with van der Waals surface area (Å²) < 4.78 is 5.42. The van der Waals surface area contributed by atoms with Crippen molar-refractivity contribution in [3.8, 4) is 0 Å². The van der Waals surface area contributed by atoms with Gasteiger partial charge in [0, 0.05) is 18.2 Å². The monoisotopic (exact) mass is 241 g/mol. The zero-order valence-electron chi connectivity index (χ0n) is 10.1. The van der Waals surface area contributed by atoms with E-state index >= 15 is 0 Å². The summed E-state index contributed by atoms with van der Waals surface area (Å²) in [6.07, 6.45) is 0.907. The molecule has 2 unspecified atom stereocenters. The van der Waals surface area contributed by atoms with E-state index < -0.39 is 0 Å². The summed E-state index contributed by atoms with van der Waals surface area (Å²) in [7, 11) is 1.71. The third-order valence-electron chi connectivity index (χ3n) is 2.74. The van der Waals surface area contributed by atoms with Crippen LogP contribution in [0.2, 0.25) is 5.02 Å². The summed E-state index contributed by atoms with van der Waals surface area (Å²) in [4.78, 5) is 0. The van der Waals surface area contributed by atoms with Gasteiger partial charge >= 0.3 is 0 Å². The van der Waals surface area contributed by atoms with Gasteiger partial charge in [0.2, 0.25) is 0 Å². The molecule has 0 fully saturated rings.